The van der Waals surface area contributed by atoms with E-state index in [2.05, 4.69) is 4.98 Å². The van der Waals surface area contributed by atoms with Crippen LogP contribution in [0.1, 0.15) is 11.1 Å². The fourth-order valence-corrected chi connectivity index (χ4v) is 3.68. The zero-order valence-electron chi connectivity index (χ0n) is 17.5. The lowest BCUT2D eigenvalue weighted by atomic mass is 10.1. The number of alkyl halides is 3. The number of ether oxygens (including phenoxy) is 2. The molecule has 0 saturated carbocycles. The van der Waals surface area contributed by atoms with Gasteiger partial charge in [-0.2, -0.15) is 23.0 Å². The minimum Gasteiger partial charge on any atom is -0.497 e. The van der Waals surface area contributed by atoms with Crippen molar-refractivity contribution in [2.75, 3.05) is 7.11 Å². The Hall–Kier alpha value is -4.07. The number of methoxy groups -OCH3 is 1. The normalized spacial score (nSPS) is 11.8. The highest BCUT2D eigenvalue weighted by Crippen LogP contribution is 2.34. The first-order chi connectivity index (χ1) is 15.9. The Morgan fingerprint density at radius 2 is 1.70 bits per heavy atom. The lowest BCUT2D eigenvalue weighted by molar-refractivity contribution is -0.137. The van der Waals surface area contributed by atoms with Crippen molar-refractivity contribution in [2.45, 2.75) is 12.8 Å². The zero-order valence-corrected chi connectivity index (χ0v) is 17.5. The number of nitrogens with zero attached hydrogens (tertiary/aromatic N) is 3. The van der Waals surface area contributed by atoms with Crippen LogP contribution in [-0.2, 0) is 12.8 Å². The second kappa shape index (κ2) is 8.12. The summed E-state index contributed by atoms with van der Waals surface area (Å²) >= 11 is 0. The minimum absolute atomic E-state index is 0.0618. The predicted octanol–water partition coefficient (Wildman–Crippen LogP) is 6.18. The van der Waals surface area contributed by atoms with Crippen LogP contribution in [0.5, 0.6) is 11.6 Å². The van der Waals surface area contributed by atoms with Crippen molar-refractivity contribution in [2.24, 2.45) is 0 Å². The van der Waals surface area contributed by atoms with Crippen molar-refractivity contribution in [3.05, 3.63) is 90.1 Å². The van der Waals surface area contributed by atoms with Gasteiger partial charge in [0.15, 0.2) is 0 Å². The first-order valence-corrected chi connectivity index (χ1v) is 10.1. The molecule has 0 bridgehead atoms. The Morgan fingerprint density at radius 1 is 0.909 bits per heavy atom. The van der Waals surface area contributed by atoms with Crippen LogP contribution in [0, 0.1) is 0 Å². The molecule has 33 heavy (non-hydrogen) atoms. The monoisotopic (exact) mass is 449 g/mol. The topological polar surface area (TPSA) is 49.2 Å². The van der Waals surface area contributed by atoms with E-state index in [1.165, 1.54) is 6.07 Å². The van der Waals surface area contributed by atoms with E-state index in [0.717, 1.165) is 28.7 Å². The Balaban J connectivity index is 1.60. The van der Waals surface area contributed by atoms with Gasteiger partial charge in [-0.05, 0) is 48.0 Å². The van der Waals surface area contributed by atoms with Gasteiger partial charge in [-0.15, -0.1) is 0 Å². The van der Waals surface area contributed by atoms with Crippen molar-refractivity contribution < 1.29 is 22.6 Å². The molecule has 0 aliphatic rings. The molecule has 0 spiro atoms. The van der Waals surface area contributed by atoms with Gasteiger partial charge in [0, 0.05) is 11.6 Å². The number of rotatable bonds is 5. The van der Waals surface area contributed by atoms with Crippen LogP contribution in [0.4, 0.5) is 13.2 Å². The second-order valence-corrected chi connectivity index (χ2v) is 7.44. The minimum atomic E-state index is -4.42. The van der Waals surface area contributed by atoms with Gasteiger partial charge in [0.2, 0.25) is 5.88 Å². The Kier molecular flexibility index (Phi) is 5.12. The number of hydrogen-bond acceptors (Lipinski definition) is 4. The van der Waals surface area contributed by atoms with E-state index in [0.29, 0.717) is 28.1 Å². The number of pyridine rings is 1. The molecule has 0 N–H and O–H groups in total. The average Bonchev–Trinajstić information content (AvgIpc) is 3.21. The van der Waals surface area contributed by atoms with Gasteiger partial charge in [0.05, 0.1) is 29.3 Å². The molecule has 8 heteroatoms. The van der Waals surface area contributed by atoms with E-state index in [1.807, 2.05) is 36.4 Å². The lowest BCUT2D eigenvalue weighted by Gasteiger charge is -2.12. The molecule has 166 valence electrons. The second-order valence-electron chi connectivity index (χ2n) is 7.44. The molecule has 0 aliphatic carbocycles. The zero-order chi connectivity index (χ0) is 23.0. The van der Waals surface area contributed by atoms with Gasteiger partial charge in [-0.25, -0.2) is 0 Å². The fourth-order valence-electron chi connectivity index (χ4n) is 3.68. The van der Waals surface area contributed by atoms with Gasteiger partial charge in [0.25, 0.3) is 0 Å². The maximum atomic E-state index is 13.1. The maximum absolute atomic E-state index is 13.1. The van der Waals surface area contributed by atoms with Gasteiger partial charge in [-0.1, -0.05) is 30.3 Å². The molecule has 2 aromatic heterocycles. The van der Waals surface area contributed by atoms with E-state index in [-0.39, 0.29) is 6.61 Å². The number of aromatic nitrogens is 3. The van der Waals surface area contributed by atoms with Gasteiger partial charge >= 0.3 is 6.18 Å². The van der Waals surface area contributed by atoms with Gasteiger partial charge < -0.3 is 9.47 Å². The number of benzene rings is 3. The molecule has 2 heterocycles. The molecule has 0 atom stereocenters. The molecular weight excluding hydrogens is 431 g/mol. The Morgan fingerprint density at radius 3 is 2.45 bits per heavy atom. The molecule has 5 rings (SSSR count). The molecule has 0 fully saturated rings. The van der Waals surface area contributed by atoms with Crippen LogP contribution >= 0.6 is 0 Å². The summed E-state index contributed by atoms with van der Waals surface area (Å²) in [6.07, 6.45) is -2.75. The summed E-state index contributed by atoms with van der Waals surface area (Å²) < 4.78 is 52.3. The van der Waals surface area contributed by atoms with Gasteiger partial charge in [0.1, 0.15) is 17.9 Å². The predicted molar refractivity (Wildman–Crippen MR) is 119 cm³/mol. The molecule has 0 aliphatic heterocycles. The Labute approximate surface area is 187 Å². The summed E-state index contributed by atoms with van der Waals surface area (Å²) in [5.74, 6) is 1.08. The van der Waals surface area contributed by atoms with Crippen LogP contribution in [0.25, 0.3) is 27.5 Å². The maximum Gasteiger partial charge on any atom is 0.416 e. The largest absolute Gasteiger partial charge is 0.497 e. The van der Waals surface area contributed by atoms with Crippen LogP contribution in [0.15, 0.2) is 79.0 Å². The van der Waals surface area contributed by atoms with E-state index < -0.39 is 11.7 Å². The summed E-state index contributed by atoms with van der Waals surface area (Å²) in [4.78, 5) is 4.50. The van der Waals surface area contributed by atoms with E-state index >= 15 is 0 Å². The van der Waals surface area contributed by atoms with Crippen molar-refractivity contribution in [3.8, 4) is 17.3 Å². The number of hydrogen-bond donors (Lipinski definition) is 0. The highest BCUT2D eigenvalue weighted by atomic mass is 19.4. The summed E-state index contributed by atoms with van der Waals surface area (Å²) in [5, 5.41) is 6.28. The standard InChI is InChI=1S/C25H18F3N3O2/c1-32-19-11-9-18(10-12-19)31-24(33-15-16-5-4-6-17(13-16)25(26,27)28)21-14-29-22-8-3-2-7-20(22)23(21)30-31/h2-14H,15H2,1H3. The molecule has 5 aromatic rings. The lowest BCUT2D eigenvalue weighted by Crippen LogP contribution is -2.07. The molecule has 3 aromatic carbocycles. The third-order valence-corrected chi connectivity index (χ3v) is 5.32. The number of para-hydroxylation sites is 1. The molecule has 5 nitrogen and oxygen atoms in total. The highest BCUT2D eigenvalue weighted by molar-refractivity contribution is 6.05. The Bertz CT molecular complexity index is 1440. The molecule has 0 radical (unpaired) electrons. The summed E-state index contributed by atoms with van der Waals surface area (Å²) in [6.45, 7) is -0.0618. The molecule has 0 saturated heterocycles. The first kappa shape index (κ1) is 20.8. The van der Waals surface area contributed by atoms with Crippen molar-refractivity contribution in [1.82, 2.24) is 14.8 Å². The third kappa shape index (κ3) is 3.95. The SMILES string of the molecule is COc1ccc(-n2nc3c(cnc4ccccc43)c2OCc2cccc(C(F)(F)F)c2)cc1. The van der Waals surface area contributed by atoms with E-state index in [9.17, 15) is 13.2 Å². The van der Waals surface area contributed by atoms with Crippen molar-refractivity contribution >= 4 is 21.8 Å². The van der Waals surface area contributed by atoms with E-state index in [4.69, 9.17) is 14.6 Å². The summed E-state index contributed by atoms with van der Waals surface area (Å²) in [7, 11) is 1.58. The third-order valence-electron chi connectivity index (χ3n) is 5.32. The summed E-state index contributed by atoms with van der Waals surface area (Å²) in [5.41, 5.74) is 1.87. The fraction of sp³-hybridized carbons (Fsp3) is 0.120. The number of halogens is 3. The van der Waals surface area contributed by atoms with E-state index in [1.54, 1.807) is 36.2 Å². The average molecular weight is 449 g/mol. The van der Waals surface area contributed by atoms with Crippen molar-refractivity contribution in [3.63, 3.8) is 0 Å². The van der Waals surface area contributed by atoms with Crippen LogP contribution in [0.3, 0.4) is 0 Å². The molecular formula is C25H18F3N3O2. The highest BCUT2D eigenvalue weighted by Gasteiger charge is 2.30. The quantitative estimate of drug-likeness (QED) is 0.322. The number of fused-ring (bicyclic) bond motifs is 3. The van der Waals surface area contributed by atoms with Crippen LogP contribution in [0.2, 0.25) is 0 Å². The molecule has 0 amide bonds. The smallest absolute Gasteiger partial charge is 0.416 e. The van der Waals surface area contributed by atoms with Crippen LogP contribution < -0.4 is 9.47 Å². The van der Waals surface area contributed by atoms with Crippen LogP contribution in [-0.4, -0.2) is 21.9 Å². The first-order valence-electron chi connectivity index (χ1n) is 10.1. The van der Waals surface area contributed by atoms with Gasteiger partial charge in [-0.3, -0.25) is 4.98 Å². The van der Waals surface area contributed by atoms with Crippen molar-refractivity contribution in [1.29, 1.82) is 0 Å². The summed E-state index contributed by atoms with van der Waals surface area (Å²) in [6, 6.07) is 20.0. The molecule has 0 unspecified atom stereocenters.